The summed E-state index contributed by atoms with van der Waals surface area (Å²) in [5, 5.41) is 6.13. The highest BCUT2D eigenvalue weighted by Gasteiger charge is 2.21. The molecule has 1 aliphatic rings. The number of hydrogen-bond donors (Lipinski definition) is 2. The van der Waals surface area contributed by atoms with Gasteiger partial charge in [-0.2, -0.15) is 0 Å². The van der Waals surface area contributed by atoms with E-state index in [1.165, 1.54) is 0 Å². The Labute approximate surface area is 161 Å². The summed E-state index contributed by atoms with van der Waals surface area (Å²) in [6, 6.07) is 11.9. The Morgan fingerprint density at radius 3 is 2.62 bits per heavy atom. The van der Waals surface area contributed by atoms with Crippen LogP contribution in [0.15, 0.2) is 42.5 Å². The number of halogens is 2. The van der Waals surface area contributed by atoms with Gasteiger partial charge in [0.25, 0.3) is 5.91 Å². The van der Waals surface area contributed by atoms with Crippen molar-refractivity contribution in [2.45, 2.75) is 13.0 Å². The lowest BCUT2D eigenvalue weighted by Crippen LogP contribution is -2.30. The molecule has 0 bridgehead atoms. The summed E-state index contributed by atoms with van der Waals surface area (Å²) in [5.74, 6) is 0.0184. The van der Waals surface area contributed by atoms with E-state index in [0.29, 0.717) is 29.5 Å². The molecule has 1 saturated heterocycles. The van der Waals surface area contributed by atoms with Gasteiger partial charge in [-0.3, -0.25) is 9.69 Å². The smallest absolute Gasteiger partial charge is 0.321 e. The Hall–Kier alpha value is -2.44. The Morgan fingerprint density at radius 1 is 1.23 bits per heavy atom. The summed E-state index contributed by atoms with van der Waals surface area (Å²) >= 11 is 12.0. The number of urea groups is 1. The van der Waals surface area contributed by atoms with Gasteiger partial charge in [-0.05, 0) is 43.3 Å². The number of amides is 3. The molecule has 2 aromatic rings. The highest BCUT2D eigenvalue weighted by atomic mass is 35.5. The second kappa shape index (κ2) is 7.85. The van der Waals surface area contributed by atoms with Crippen LogP contribution in [0.25, 0.3) is 0 Å². The Balaban J connectivity index is 1.62. The lowest BCUT2D eigenvalue weighted by molar-refractivity contribution is -0.122. The molecule has 8 heteroatoms. The fourth-order valence-electron chi connectivity index (χ4n) is 2.51. The number of carbonyl (C=O) groups is 2. The van der Waals surface area contributed by atoms with Crippen LogP contribution in [0, 0.1) is 0 Å². The average molecular weight is 394 g/mol. The molecule has 1 unspecified atom stereocenters. The van der Waals surface area contributed by atoms with Crippen molar-refractivity contribution in [2.75, 3.05) is 23.3 Å². The molecular weight excluding hydrogens is 377 g/mol. The van der Waals surface area contributed by atoms with Crippen LogP contribution in [0.4, 0.5) is 16.2 Å². The van der Waals surface area contributed by atoms with Crippen molar-refractivity contribution in [1.82, 2.24) is 5.32 Å². The number of anilines is 2. The lowest BCUT2D eigenvalue weighted by Gasteiger charge is -2.17. The standard InChI is InChI=1S/C18H17Cl2N3O3/c1-11(26-15-4-2-3-14(19)16(15)20)17(24)22-12-5-7-13(8-6-12)23-10-9-21-18(23)25/h2-8,11H,9-10H2,1H3,(H,21,25)(H,22,24). The van der Waals surface area contributed by atoms with Crippen LogP contribution in [0.2, 0.25) is 10.0 Å². The second-order valence-electron chi connectivity index (χ2n) is 5.73. The quantitative estimate of drug-likeness (QED) is 0.808. The first-order valence-electron chi connectivity index (χ1n) is 8.02. The molecule has 0 aromatic heterocycles. The van der Waals surface area contributed by atoms with Crippen molar-refractivity contribution < 1.29 is 14.3 Å². The van der Waals surface area contributed by atoms with Gasteiger partial charge in [0.2, 0.25) is 0 Å². The molecule has 0 aliphatic carbocycles. The minimum atomic E-state index is -0.769. The number of nitrogens with zero attached hydrogens (tertiary/aromatic N) is 1. The van der Waals surface area contributed by atoms with E-state index in [-0.39, 0.29) is 17.0 Å². The third kappa shape index (κ3) is 4.03. The van der Waals surface area contributed by atoms with Gasteiger partial charge in [-0.15, -0.1) is 0 Å². The minimum Gasteiger partial charge on any atom is -0.479 e. The van der Waals surface area contributed by atoms with Crippen LogP contribution in [-0.4, -0.2) is 31.1 Å². The predicted molar refractivity (Wildman–Crippen MR) is 102 cm³/mol. The molecule has 26 heavy (non-hydrogen) atoms. The Kier molecular flexibility index (Phi) is 5.54. The van der Waals surface area contributed by atoms with E-state index in [1.54, 1.807) is 54.3 Å². The van der Waals surface area contributed by atoms with Gasteiger partial charge in [-0.25, -0.2) is 4.79 Å². The normalized spacial score (nSPS) is 14.7. The van der Waals surface area contributed by atoms with E-state index >= 15 is 0 Å². The zero-order valence-electron chi connectivity index (χ0n) is 14.0. The van der Waals surface area contributed by atoms with Gasteiger partial charge in [0.15, 0.2) is 6.10 Å². The first-order chi connectivity index (χ1) is 12.5. The summed E-state index contributed by atoms with van der Waals surface area (Å²) in [4.78, 5) is 25.6. The van der Waals surface area contributed by atoms with Gasteiger partial charge in [0.05, 0.1) is 5.02 Å². The maximum atomic E-state index is 12.3. The second-order valence-corrected chi connectivity index (χ2v) is 6.52. The SMILES string of the molecule is CC(Oc1cccc(Cl)c1Cl)C(=O)Nc1ccc(N2CCNC2=O)cc1. The highest BCUT2D eigenvalue weighted by Crippen LogP contribution is 2.32. The Morgan fingerprint density at radius 2 is 1.96 bits per heavy atom. The summed E-state index contributed by atoms with van der Waals surface area (Å²) in [6.45, 7) is 2.86. The van der Waals surface area contributed by atoms with Gasteiger partial charge >= 0.3 is 6.03 Å². The van der Waals surface area contributed by atoms with E-state index in [9.17, 15) is 9.59 Å². The van der Waals surface area contributed by atoms with Crippen LogP contribution in [0.1, 0.15) is 6.92 Å². The molecule has 3 rings (SSSR count). The topological polar surface area (TPSA) is 70.7 Å². The molecule has 2 aromatic carbocycles. The van der Waals surface area contributed by atoms with Crippen LogP contribution in [0.3, 0.4) is 0 Å². The zero-order chi connectivity index (χ0) is 18.7. The first kappa shape index (κ1) is 18.4. The molecule has 3 amide bonds. The third-order valence-electron chi connectivity index (χ3n) is 3.89. The van der Waals surface area contributed by atoms with E-state index in [1.807, 2.05) is 0 Å². The molecule has 136 valence electrons. The Bertz CT molecular complexity index is 827. The molecule has 0 saturated carbocycles. The van der Waals surface area contributed by atoms with Crippen molar-refractivity contribution in [2.24, 2.45) is 0 Å². The van der Waals surface area contributed by atoms with Gasteiger partial charge in [0.1, 0.15) is 10.8 Å². The summed E-state index contributed by atoms with van der Waals surface area (Å²) in [6.07, 6.45) is -0.769. The third-order valence-corrected chi connectivity index (χ3v) is 4.69. The molecule has 1 fully saturated rings. The molecule has 6 nitrogen and oxygen atoms in total. The number of hydrogen-bond acceptors (Lipinski definition) is 3. The van der Waals surface area contributed by atoms with E-state index < -0.39 is 6.10 Å². The van der Waals surface area contributed by atoms with Crippen LogP contribution in [0.5, 0.6) is 5.75 Å². The van der Waals surface area contributed by atoms with Gasteiger partial charge < -0.3 is 15.4 Å². The number of carbonyl (C=O) groups excluding carboxylic acids is 2. The summed E-state index contributed by atoms with van der Waals surface area (Å²) in [5.41, 5.74) is 1.37. The zero-order valence-corrected chi connectivity index (χ0v) is 15.5. The minimum absolute atomic E-state index is 0.123. The van der Waals surface area contributed by atoms with Crippen molar-refractivity contribution in [3.05, 3.63) is 52.5 Å². The fourth-order valence-corrected chi connectivity index (χ4v) is 2.84. The van der Waals surface area contributed by atoms with E-state index in [2.05, 4.69) is 10.6 Å². The molecule has 1 atom stereocenters. The van der Waals surface area contributed by atoms with Crippen LogP contribution >= 0.6 is 23.2 Å². The van der Waals surface area contributed by atoms with Gasteiger partial charge in [0, 0.05) is 24.5 Å². The molecule has 0 radical (unpaired) electrons. The largest absolute Gasteiger partial charge is 0.479 e. The maximum absolute atomic E-state index is 12.3. The monoisotopic (exact) mass is 393 g/mol. The molecular formula is C18H17Cl2N3O3. The van der Waals surface area contributed by atoms with Gasteiger partial charge in [-0.1, -0.05) is 29.3 Å². The average Bonchev–Trinajstić information content (AvgIpc) is 3.05. The van der Waals surface area contributed by atoms with Crippen molar-refractivity contribution in [3.8, 4) is 5.75 Å². The number of ether oxygens (including phenoxy) is 1. The van der Waals surface area contributed by atoms with Crippen LogP contribution < -0.4 is 20.3 Å². The molecule has 1 aliphatic heterocycles. The molecule has 1 heterocycles. The maximum Gasteiger partial charge on any atom is 0.321 e. The molecule has 0 spiro atoms. The fraction of sp³-hybridized carbons (Fsp3) is 0.222. The predicted octanol–water partition coefficient (Wildman–Crippen LogP) is 3.93. The van der Waals surface area contributed by atoms with Crippen molar-refractivity contribution >= 4 is 46.5 Å². The number of rotatable bonds is 5. The van der Waals surface area contributed by atoms with E-state index in [0.717, 1.165) is 5.69 Å². The highest BCUT2D eigenvalue weighted by molar-refractivity contribution is 6.42. The lowest BCUT2D eigenvalue weighted by atomic mass is 10.2. The summed E-state index contributed by atoms with van der Waals surface area (Å²) in [7, 11) is 0. The van der Waals surface area contributed by atoms with E-state index in [4.69, 9.17) is 27.9 Å². The van der Waals surface area contributed by atoms with Crippen LogP contribution in [-0.2, 0) is 4.79 Å². The van der Waals surface area contributed by atoms with Crippen molar-refractivity contribution in [3.63, 3.8) is 0 Å². The summed E-state index contributed by atoms with van der Waals surface area (Å²) < 4.78 is 5.59. The first-order valence-corrected chi connectivity index (χ1v) is 8.78. The van der Waals surface area contributed by atoms with Crippen molar-refractivity contribution in [1.29, 1.82) is 0 Å². The number of benzene rings is 2. The molecule has 2 N–H and O–H groups in total. The number of nitrogens with one attached hydrogen (secondary N) is 2.